The lowest BCUT2D eigenvalue weighted by Crippen LogP contribution is -2.13. The third-order valence-corrected chi connectivity index (χ3v) is 4.53. The number of fused-ring (bicyclic) bond motifs is 1. The van der Waals surface area contributed by atoms with E-state index in [-0.39, 0.29) is 0 Å². The van der Waals surface area contributed by atoms with Crippen LogP contribution in [0, 0.1) is 0 Å². The fourth-order valence-electron chi connectivity index (χ4n) is 2.91. The number of ether oxygens (including phenoxy) is 1. The first-order valence-electron chi connectivity index (χ1n) is 8.87. The highest BCUT2D eigenvalue weighted by molar-refractivity contribution is 6.30. The van der Waals surface area contributed by atoms with E-state index in [1.165, 1.54) is 5.56 Å². The largest absolute Gasteiger partial charge is 0.489 e. The molecule has 4 nitrogen and oxygen atoms in total. The van der Waals surface area contributed by atoms with Crippen LogP contribution in [0.5, 0.6) is 5.75 Å². The van der Waals surface area contributed by atoms with Crippen LogP contribution in [0.15, 0.2) is 72.8 Å². The third-order valence-electron chi connectivity index (χ3n) is 4.28. The average Bonchev–Trinajstić information content (AvgIpc) is 3.11. The Labute approximate surface area is 163 Å². The highest BCUT2D eigenvalue weighted by Crippen LogP contribution is 2.17. The molecule has 1 heterocycles. The maximum atomic E-state index is 5.91. The molecule has 0 amide bonds. The maximum absolute atomic E-state index is 5.91. The number of imidazole rings is 1. The van der Waals surface area contributed by atoms with Crippen molar-refractivity contribution in [2.24, 2.45) is 0 Å². The Morgan fingerprint density at radius 2 is 1.74 bits per heavy atom. The van der Waals surface area contributed by atoms with Gasteiger partial charge in [0.2, 0.25) is 0 Å². The summed E-state index contributed by atoms with van der Waals surface area (Å²) in [6, 6.07) is 23.9. The van der Waals surface area contributed by atoms with E-state index in [0.29, 0.717) is 13.2 Å². The molecule has 4 aromatic rings. The van der Waals surface area contributed by atoms with E-state index < -0.39 is 0 Å². The molecular weight excluding hydrogens is 358 g/mol. The van der Waals surface area contributed by atoms with Crippen molar-refractivity contribution >= 4 is 22.6 Å². The summed E-state index contributed by atoms with van der Waals surface area (Å²) in [5.41, 5.74) is 4.31. The Kier molecular flexibility index (Phi) is 5.37. The van der Waals surface area contributed by atoms with Crippen LogP contribution in [0.4, 0.5) is 0 Å². The van der Waals surface area contributed by atoms with Gasteiger partial charge in [-0.25, -0.2) is 4.98 Å². The minimum atomic E-state index is 0.521. The van der Waals surface area contributed by atoms with Gasteiger partial charge in [-0.1, -0.05) is 48.0 Å². The van der Waals surface area contributed by atoms with Crippen molar-refractivity contribution in [2.75, 3.05) is 0 Å². The lowest BCUT2D eigenvalue weighted by atomic mass is 10.2. The predicted octanol–water partition coefficient (Wildman–Crippen LogP) is 5.09. The number of benzene rings is 3. The molecule has 4 rings (SSSR count). The van der Waals surface area contributed by atoms with Crippen LogP contribution in [0.2, 0.25) is 5.02 Å². The lowest BCUT2D eigenvalue weighted by Gasteiger charge is -2.09. The second kappa shape index (κ2) is 8.25. The Bertz CT molecular complexity index is 994. The van der Waals surface area contributed by atoms with Gasteiger partial charge in [-0.3, -0.25) is 0 Å². The normalized spacial score (nSPS) is 11.0. The van der Waals surface area contributed by atoms with Crippen molar-refractivity contribution < 1.29 is 4.74 Å². The molecule has 0 spiro atoms. The molecule has 136 valence electrons. The Morgan fingerprint density at radius 3 is 2.59 bits per heavy atom. The molecule has 0 unspecified atom stereocenters. The Hall–Kier alpha value is -2.82. The molecule has 0 aliphatic heterocycles. The predicted molar refractivity (Wildman–Crippen MR) is 109 cm³/mol. The van der Waals surface area contributed by atoms with Gasteiger partial charge in [-0.05, 0) is 47.5 Å². The minimum absolute atomic E-state index is 0.521. The van der Waals surface area contributed by atoms with Gasteiger partial charge in [-0.15, -0.1) is 0 Å². The van der Waals surface area contributed by atoms with Crippen LogP contribution in [-0.2, 0) is 19.7 Å². The summed E-state index contributed by atoms with van der Waals surface area (Å²) < 4.78 is 5.89. The average molecular weight is 378 g/mol. The number of hydrogen-bond donors (Lipinski definition) is 2. The van der Waals surface area contributed by atoms with Gasteiger partial charge in [0.25, 0.3) is 0 Å². The maximum Gasteiger partial charge on any atom is 0.121 e. The third kappa shape index (κ3) is 4.67. The van der Waals surface area contributed by atoms with E-state index in [1.807, 2.05) is 60.7 Å². The molecule has 5 heteroatoms. The molecule has 0 fully saturated rings. The Morgan fingerprint density at radius 1 is 0.889 bits per heavy atom. The molecule has 0 saturated carbocycles. The number of aromatic amines is 1. The SMILES string of the molecule is Clc1ccc(COc2cccc(CNCc3nc4ccccc4[nH]3)c2)cc1. The molecule has 0 saturated heterocycles. The Balaban J connectivity index is 1.31. The van der Waals surface area contributed by atoms with Crippen LogP contribution < -0.4 is 10.1 Å². The van der Waals surface area contributed by atoms with Gasteiger partial charge < -0.3 is 15.0 Å². The highest BCUT2D eigenvalue weighted by atomic mass is 35.5. The standard InChI is InChI=1S/C22H20ClN3O/c23-18-10-8-16(9-11-18)15-27-19-5-3-4-17(12-19)13-24-14-22-25-20-6-1-2-7-21(20)26-22/h1-12,24H,13-15H2,(H,25,26). The first kappa shape index (κ1) is 17.6. The molecule has 0 aliphatic rings. The number of para-hydroxylation sites is 2. The van der Waals surface area contributed by atoms with Gasteiger partial charge in [0, 0.05) is 11.6 Å². The monoisotopic (exact) mass is 377 g/mol. The summed E-state index contributed by atoms with van der Waals surface area (Å²) in [7, 11) is 0. The number of halogens is 1. The van der Waals surface area contributed by atoms with Gasteiger partial charge in [0.15, 0.2) is 0 Å². The van der Waals surface area contributed by atoms with Crippen LogP contribution in [0.3, 0.4) is 0 Å². The first-order chi connectivity index (χ1) is 13.3. The summed E-state index contributed by atoms with van der Waals surface area (Å²) >= 11 is 5.91. The van der Waals surface area contributed by atoms with Crippen LogP contribution in [0.25, 0.3) is 11.0 Å². The summed E-state index contributed by atoms with van der Waals surface area (Å²) in [5.74, 6) is 1.79. The van der Waals surface area contributed by atoms with E-state index in [0.717, 1.165) is 39.7 Å². The quantitative estimate of drug-likeness (QED) is 0.472. The summed E-state index contributed by atoms with van der Waals surface area (Å²) in [6.07, 6.45) is 0. The van der Waals surface area contributed by atoms with Gasteiger partial charge >= 0.3 is 0 Å². The molecule has 27 heavy (non-hydrogen) atoms. The molecule has 0 aliphatic carbocycles. The second-order valence-electron chi connectivity index (χ2n) is 6.37. The van der Waals surface area contributed by atoms with Crippen molar-refractivity contribution in [3.8, 4) is 5.75 Å². The number of hydrogen-bond acceptors (Lipinski definition) is 3. The van der Waals surface area contributed by atoms with E-state index in [9.17, 15) is 0 Å². The fourth-order valence-corrected chi connectivity index (χ4v) is 3.03. The van der Waals surface area contributed by atoms with Crippen molar-refractivity contribution in [1.82, 2.24) is 15.3 Å². The zero-order valence-electron chi connectivity index (χ0n) is 14.8. The smallest absolute Gasteiger partial charge is 0.121 e. The molecular formula is C22H20ClN3O. The van der Waals surface area contributed by atoms with E-state index in [4.69, 9.17) is 16.3 Å². The van der Waals surface area contributed by atoms with Crippen molar-refractivity contribution in [3.05, 3.63) is 94.8 Å². The van der Waals surface area contributed by atoms with Gasteiger partial charge in [0.1, 0.15) is 18.2 Å². The van der Waals surface area contributed by atoms with Gasteiger partial charge in [0.05, 0.1) is 17.6 Å². The second-order valence-corrected chi connectivity index (χ2v) is 6.80. The number of nitrogens with zero attached hydrogens (tertiary/aromatic N) is 1. The van der Waals surface area contributed by atoms with E-state index in [2.05, 4.69) is 27.4 Å². The molecule has 1 aromatic heterocycles. The van der Waals surface area contributed by atoms with Crippen molar-refractivity contribution in [1.29, 1.82) is 0 Å². The molecule has 0 atom stereocenters. The zero-order valence-corrected chi connectivity index (χ0v) is 15.5. The van der Waals surface area contributed by atoms with E-state index >= 15 is 0 Å². The fraction of sp³-hybridized carbons (Fsp3) is 0.136. The van der Waals surface area contributed by atoms with Crippen molar-refractivity contribution in [2.45, 2.75) is 19.7 Å². The molecule has 0 radical (unpaired) electrons. The van der Waals surface area contributed by atoms with E-state index in [1.54, 1.807) is 0 Å². The summed E-state index contributed by atoms with van der Waals surface area (Å²) in [5, 5.41) is 4.15. The highest BCUT2D eigenvalue weighted by Gasteiger charge is 2.03. The molecule has 0 bridgehead atoms. The van der Waals surface area contributed by atoms with Crippen LogP contribution >= 0.6 is 11.6 Å². The molecule has 2 N–H and O–H groups in total. The van der Waals surface area contributed by atoms with Crippen LogP contribution in [0.1, 0.15) is 17.0 Å². The number of nitrogens with one attached hydrogen (secondary N) is 2. The summed E-state index contributed by atoms with van der Waals surface area (Å²) in [4.78, 5) is 7.91. The number of aromatic nitrogens is 2. The number of rotatable bonds is 7. The topological polar surface area (TPSA) is 49.9 Å². The van der Waals surface area contributed by atoms with Crippen LogP contribution in [-0.4, -0.2) is 9.97 Å². The molecule has 3 aromatic carbocycles. The summed E-state index contributed by atoms with van der Waals surface area (Å²) in [6.45, 7) is 1.95. The number of H-pyrrole nitrogens is 1. The first-order valence-corrected chi connectivity index (χ1v) is 9.24. The van der Waals surface area contributed by atoms with Gasteiger partial charge in [-0.2, -0.15) is 0 Å². The van der Waals surface area contributed by atoms with Crippen molar-refractivity contribution in [3.63, 3.8) is 0 Å². The minimum Gasteiger partial charge on any atom is -0.489 e. The lowest BCUT2D eigenvalue weighted by molar-refractivity contribution is 0.306. The zero-order chi connectivity index (χ0) is 18.5.